The van der Waals surface area contributed by atoms with E-state index in [1.807, 2.05) is 35.2 Å². The number of hydrogen-bond acceptors (Lipinski definition) is 3. The molecule has 1 aliphatic heterocycles. The lowest BCUT2D eigenvalue weighted by atomic mass is 9.94. The van der Waals surface area contributed by atoms with E-state index >= 15 is 0 Å². The summed E-state index contributed by atoms with van der Waals surface area (Å²) < 4.78 is 13.5. The Morgan fingerprint density at radius 3 is 2.59 bits per heavy atom. The van der Waals surface area contributed by atoms with E-state index < -0.39 is 18.2 Å². The van der Waals surface area contributed by atoms with Crippen LogP contribution >= 0.6 is 0 Å². The molecule has 0 radical (unpaired) electrons. The number of benzene rings is 1. The summed E-state index contributed by atoms with van der Waals surface area (Å²) in [7, 11) is 0. The number of aliphatic hydroxyl groups is 2. The molecule has 1 aromatic rings. The van der Waals surface area contributed by atoms with E-state index in [1.54, 1.807) is 0 Å². The SMILES string of the molecule is OCC1CN(Cc2ccccc2)CC(O)C1F. The maximum atomic E-state index is 13.5. The molecule has 0 aromatic heterocycles. The van der Waals surface area contributed by atoms with Gasteiger partial charge in [-0.3, -0.25) is 4.90 Å². The Kier molecular flexibility index (Phi) is 4.10. The number of aliphatic hydroxyl groups excluding tert-OH is 2. The highest BCUT2D eigenvalue weighted by Gasteiger charge is 2.35. The molecule has 3 nitrogen and oxygen atoms in total. The molecule has 0 saturated carbocycles. The second-order valence-electron chi connectivity index (χ2n) is 4.63. The minimum Gasteiger partial charge on any atom is -0.396 e. The molecule has 3 unspecified atom stereocenters. The smallest absolute Gasteiger partial charge is 0.133 e. The van der Waals surface area contributed by atoms with Gasteiger partial charge in [-0.25, -0.2) is 4.39 Å². The molecule has 1 aliphatic rings. The molecule has 94 valence electrons. The Morgan fingerprint density at radius 2 is 1.94 bits per heavy atom. The van der Waals surface area contributed by atoms with Crippen LogP contribution in [-0.2, 0) is 6.54 Å². The van der Waals surface area contributed by atoms with Gasteiger partial charge in [0.1, 0.15) is 6.17 Å². The summed E-state index contributed by atoms with van der Waals surface area (Å²) in [5.41, 5.74) is 1.13. The van der Waals surface area contributed by atoms with Gasteiger partial charge in [-0.05, 0) is 5.56 Å². The second kappa shape index (κ2) is 5.58. The number of nitrogens with zero attached hydrogens (tertiary/aromatic N) is 1. The third-order valence-electron chi connectivity index (χ3n) is 3.24. The monoisotopic (exact) mass is 239 g/mol. The first-order chi connectivity index (χ1) is 8.20. The highest BCUT2D eigenvalue weighted by Crippen LogP contribution is 2.21. The van der Waals surface area contributed by atoms with Gasteiger partial charge in [0, 0.05) is 32.2 Å². The number of β-amino-alcohol motifs (C(OH)–C–C–N with tert-alkyl or cyclic N) is 1. The Morgan fingerprint density at radius 1 is 1.24 bits per heavy atom. The van der Waals surface area contributed by atoms with Crippen molar-refractivity contribution in [1.29, 1.82) is 0 Å². The third-order valence-corrected chi connectivity index (χ3v) is 3.24. The largest absolute Gasteiger partial charge is 0.396 e. The summed E-state index contributed by atoms with van der Waals surface area (Å²) in [5.74, 6) is -0.484. The number of alkyl halides is 1. The van der Waals surface area contributed by atoms with Crippen LogP contribution in [0.3, 0.4) is 0 Å². The zero-order chi connectivity index (χ0) is 12.3. The quantitative estimate of drug-likeness (QED) is 0.820. The first-order valence-corrected chi connectivity index (χ1v) is 5.90. The number of rotatable bonds is 3. The van der Waals surface area contributed by atoms with Crippen LogP contribution < -0.4 is 0 Å². The first-order valence-electron chi connectivity index (χ1n) is 5.90. The fraction of sp³-hybridized carbons (Fsp3) is 0.538. The maximum Gasteiger partial charge on any atom is 0.133 e. The van der Waals surface area contributed by atoms with Crippen molar-refractivity contribution in [3.8, 4) is 0 Å². The average molecular weight is 239 g/mol. The molecule has 4 heteroatoms. The second-order valence-corrected chi connectivity index (χ2v) is 4.63. The van der Waals surface area contributed by atoms with Crippen molar-refractivity contribution in [2.75, 3.05) is 19.7 Å². The predicted octanol–water partition coefficient (Wildman–Crippen LogP) is 0.810. The highest BCUT2D eigenvalue weighted by molar-refractivity contribution is 5.14. The van der Waals surface area contributed by atoms with E-state index in [-0.39, 0.29) is 6.61 Å². The van der Waals surface area contributed by atoms with Gasteiger partial charge in [-0.15, -0.1) is 0 Å². The maximum absolute atomic E-state index is 13.5. The van der Waals surface area contributed by atoms with E-state index in [0.29, 0.717) is 19.6 Å². The molecule has 2 rings (SSSR count). The molecule has 1 heterocycles. The Labute approximate surface area is 100 Å². The van der Waals surface area contributed by atoms with Crippen molar-refractivity contribution >= 4 is 0 Å². The van der Waals surface area contributed by atoms with Crippen LogP contribution in [0.5, 0.6) is 0 Å². The predicted molar refractivity (Wildman–Crippen MR) is 63.2 cm³/mol. The van der Waals surface area contributed by atoms with Gasteiger partial charge >= 0.3 is 0 Å². The lowest BCUT2D eigenvalue weighted by molar-refractivity contribution is -0.0497. The third kappa shape index (κ3) is 3.03. The minimum atomic E-state index is -1.31. The average Bonchev–Trinajstić information content (AvgIpc) is 2.35. The van der Waals surface area contributed by atoms with Gasteiger partial charge in [0.2, 0.25) is 0 Å². The molecular formula is C13H18FNO2. The Balaban J connectivity index is 1.98. The molecular weight excluding hydrogens is 221 g/mol. The zero-order valence-electron chi connectivity index (χ0n) is 9.67. The number of halogens is 1. The zero-order valence-corrected chi connectivity index (χ0v) is 9.67. The minimum absolute atomic E-state index is 0.219. The van der Waals surface area contributed by atoms with Crippen LogP contribution in [-0.4, -0.2) is 47.1 Å². The summed E-state index contributed by atoms with van der Waals surface area (Å²) in [4.78, 5) is 1.98. The highest BCUT2D eigenvalue weighted by atomic mass is 19.1. The number of likely N-dealkylation sites (tertiary alicyclic amines) is 1. The number of hydrogen-bond donors (Lipinski definition) is 2. The molecule has 3 atom stereocenters. The molecule has 17 heavy (non-hydrogen) atoms. The van der Waals surface area contributed by atoms with Gasteiger partial charge in [0.25, 0.3) is 0 Å². The lowest BCUT2D eigenvalue weighted by Crippen LogP contribution is -2.51. The molecule has 0 bridgehead atoms. The molecule has 0 amide bonds. The van der Waals surface area contributed by atoms with E-state index in [9.17, 15) is 9.50 Å². The van der Waals surface area contributed by atoms with Gasteiger partial charge in [-0.1, -0.05) is 30.3 Å². The molecule has 0 aliphatic carbocycles. The van der Waals surface area contributed by atoms with Gasteiger partial charge in [0.05, 0.1) is 6.10 Å². The van der Waals surface area contributed by atoms with Gasteiger partial charge < -0.3 is 10.2 Å². The van der Waals surface area contributed by atoms with Crippen molar-refractivity contribution in [1.82, 2.24) is 4.90 Å². The van der Waals surface area contributed by atoms with Crippen molar-refractivity contribution in [3.05, 3.63) is 35.9 Å². The van der Waals surface area contributed by atoms with Crippen LogP contribution in [0.25, 0.3) is 0 Å². The van der Waals surface area contributed by atoms with E-state index in [1.165, 1.54) is 0 Å². The Bertz CT molecular complexity index is 347. The lowest BCUT2D eigenvalue weighted by Gasteiger charge is -2.37. The summed E-state index contributed by atoms with van der Waals surface area (Å²) >= 11 is 0. The van der Waals surface area contributed by atoms with Crippen LogP contribution in [0.4, 0.5) is 4.39 Å². The van der Waals surface area contributed by atoms with Gasteiger partial charge in [-0.2, -0.15) is 0 Å². The Hall–Kier alpha value is -0.970. The van der Waals surface area contributed by atoms with Crippen LogP contribution in [0.2, 0.25) is 0 Å². The molecule has 0 spiro atoms. The van der Waals surface area contributed by atoms with Crippen LogP contribution in [0.15, 0.2) is 30.3 Å². The van der Waals surface area contributed by atoms with Gasteiger partial charge in [0.15, 0.2) is 0 Å². The summed E-state index contributed by atoms with van der Waals surface area (Å²) in [5, 5.41) is 18.7. The first kappa shape index (κ1) is 12.5. The molecule has 1 aromatic carbocycles. The fourth-order valence-corrected chi connectivity index (χ4v) is 2.32. The number of piperidine rings is 1. The summed E-state index contributed by atoms with van der Waals surface area (Å²) in [6, 6.07) is 9.86. The van der Waals surface area contributed by atoms with Crippen LogP contribution in [0.1, 0.15) is 5.56 Å². The topological polar surface area (TPSA) is 43.7 Å². The molecule has 1 saturated heterocycles. The molecule has 1 fully saturated rings. The normalized spacial score (nSPS) is 30.4. The van der Waals surface area contributed by atoms with Crippen LogP contribution in [0, 0.1) is 5.92 Å². The van der Waals surface area contributed by atoms with E-state index in [2.05, 4.69) is 0 Å². The van der Waals surface area contributed by atoms with Crippen molar-refractivity contribution < 1.29 is 14.6 Å². The van der Waals surface area contributed by atoms with E-state index in [4.69, 9.17) is 5.11 Å². The van der Waals surface area contributed by atoms with Crippen molar-refractivity contribution in [2.24, 2.45) is 5.92 Å². The fourth-order valence-electron chi connectivity index (χ4n) is 2.32. The summed E-state index contributed by atoms with van der Waals surface area (Å²) in [6.45, 7) is 1.28. The van der Waals surface area contributed by atoms with Crippen molar-refractivity contribution in [2.45, 2.75) is 18.8 Å². The van der Waals surface area contributed by atoms with E-state index in [0.717, 1.165) is 5.56 Å². The van der Waals surface area contributed by atoms with Crippen molar-refractivity contribution in [3.63, 3.8) is 0 Å². The standard InChI is InChI=1S/C13H18FNO2/c14-13-11(9-16)7-15(8-12(13)17)6-10-4-2-1-3-5-10/h1-5,11-13,16-17H,6-9H2. The summed E-state index contributed by atoms with van der Waals surface area (Å²) in [6.07, 6.45) is -2.31. The molecule has 2 N–H and O–H groups in total.